The van der Waals surface area contributed by atoms with Crippen molar-refractivity contribution in [2.24, 2.45) is 0 Å². The van der Waals surface area contributed by atoms with Gasteiger partial charge in [0.05, 0.1) is 33.9 Å². The molecule has 0 bridgehead atoms. The highest BCUT2D eigenvalue weighted by molar-refractivity contribution is 7.21. The first-order valence-corrected chi connectivity index (χ1v) is 14.7. The van der Waals surface area contributed by atoms with Crippen LogP contribution in [0.4, 0.5) is 8.78 Å². The van der Waals surface area contributed by atoms with Gasteiger partial charge in [0.2, 0.25) is 0 Å². The summed E-state index contributed by atoms with van der Waals surface area (Å²) >= 11 is 13.7. The minimum atomic E-state index is -0.673. The highest BCUT2D eigenvalue weighted by Crippen LogP contribution is 2.41. The van der Waals surface area contributed by atoms with Crippen LogP contribution in [0, 0.1) is 23.0 Å². The van der Waals surface area contributed by atoms with Gasteiger partial charge >= 0.3 is 0 Å². The molecule has 5 rings (SSSR count). The maximum atomic E-state index is 14.7. The van der Waals surface area contributed by atoms with E-state index in [0.29, 0.717) is 24.2 Å². The topological polar surface area (TPSA) is 56.6 Å². The van der Waals surface area contributed by atoms with Gasteiger partial charge in [0.15, 0.2) is 0 Å². The molecule has 0 spiro atoms. The summed E-state index contributed by atoms with van der Waals surface area (Å²) in [4.78, 5) is 16.0. The number of methoxy groups -OCH3 is 1. The van der Waals surface area contributed by atoms with Crippen molar-refractivity contribution < 1.29 is 18.3 Å². The fourth-order valence-electron chi connectivity index (χ4n) is 5.49. The zero-order valence-electron chi connectivity index (χ0n) is 22.5. The van der Waals surface area contributed by atoms with Crippen molar-refractivity contribution >= 4 is 50.7 Å². The van der Waals surface area contributed by atoms with Gasteiger partial charge < -0.3 is 9.64 Å². The molecule has 212 valence electrons. The first-order chi connectivity index (χ1) is 19.7. The predicted octanol–water partition coefficient (Wildman–Crippen LogP) is 8.42. The van der Waals surface area contributed by atoms with Gasteiger partial charge in [0.25, 0.3) is 5.91 Å². The van der Waals surface area contributed by atoms with Crippen LogP contribution in [0.5, 0.6) is 5.75 Å². The number of hydrogen-bond donors (Lipinski definition) is 0. The standard InChI is InChI=1S/C31H27Cl2F2N3O2S/c1-37(33)22-7-9-23(10-8-22)38(31(39)30-28(32)27-24(34)11-12-25(35)29(27)41-30)17-21-15-20(6-13-26(21)40-2)19-5-3-4-18(14-19)16-36/h3-6,11-15,22-23H,7-10,17H2,1-2H3/t22-,23-. The maximum Gasteiger partial charge on any atom is 0.266 e. The average molecular weight is 615 g/mol. The molecule has 1 amide bonds. The van der Waals surface area contributed by atoms with Crippen molar-refractivity contribution in [1.82, 2.24) is 9.32 Å². The van der Waals surface area contributed by atoms with E-state index in [1.807, 2.05) is 37.4 Å². The lowest BCUT2D eigenvalue weighted by atomic mass is 9.89. The van der Waals surface area contributed by atoms with Gasteiger partial charge in [-0.25, -0.2) is 13.2 Å². The summed E-state index contributed by atoms with van der Waals surface area (Å²) in [5, 5.41) is 9.20. The third-order valence-corrected chi connectivity index (χ3v) is 9.65. The Morgan fingerprint density at radius 2 is 1.73 bits per heavy atom. The van der Waals surface area contributed by atoms with Crippen LogP contribution in [-0.4, -0.2) is 41.5 Å². The van der Waals surface area contributed by atoms with Gasteiger partial charge in [0, 0.05) is 31.2 Å². The maximum absolute atomic E-state index is 14.7. The van der Waals surface area contributed by atoms with E-state index in [1.165, 1.54) is 0 Å². The van der Waals surface area contributed by atoms with Crippen LogP contribution in [0.15, 0.2) is 54.6 Å². The molecular formula is C31H27Cl2F2N3O2S. The van der Waals surface area contributed by atoms with Crippen LogP contribution < -0.4 is 4.74 Å². The molecule has 1 saturated carbocycles. The predicted molar refractivity (Wildman–Crippen MR) is 159 cm³/mol. The largest absolute Gasteiger partial charge is 0.496 e. The smallest absolute Gasteiger partial charge is 0.266 e. The van der Waals surface area contributed by atoms with Crippen LogP contribution in [0.25, 0.3) is 21.2 Å². The number of rotatable bonds is 7. The second-order valence-electron chi connectivity index (χ2n) is 10.1. The molecule has 0 aliphatic heterocycles. The van der Waals surface area contributed by atoms with Crippen molar-refractivity contribution in [1.29, 1.82) is 5.26 Å². The van der Waals surface area contributed by atoms with Crippen LogP contribution in [0.1, 0.15) is 46.5 Å². The Hall–Kier alpha value is -3.22. The summed E-state index contributed by atoms with van der Waals surface area (Å²) in [5.41, 5.74) is 3.01. The number of carbonyl (C=O) groups is 1. The van der Waals surface area contributed by atoms with E-state index in [-0.39, 0.29) is 38.6 Å². The molecule has 10 heteroatoms. The number of carbonyl (C=O) groups excluding carboxylic acids is 1. The number of amides is 1. The molecule has 0 atom stereocenters. The van der Waals surface area contributed by atoms with Crippen molar-refractivity contribution in [3.63, 3.8) is 0 Å². The van der Waals surface area contributed by atoms with Crippen molar-refractivity contribution in [3.8, 4) is 22.9 Å². The second kappa shape index (κ2) is 12.3. The number of nitrogens with zero attached hydrogens (tertiary/aromatic N) is 3. The Bertz CT molecular complexity index is 1640. The van der Waals surface area contributed by atoms with Gasteiger partial charge in [-0.15, -0.1) is 11.3 Å². The third kappa shape index (κ3) is 5.91. The minimum Gasteiger partial charge on any atom is -0.496 e. The van der Waals surface area contributed by atoms with E-state index in [4.69, 9.17) is 28.1 Å². The molecule has 1 aliphatic carbocycles. The number of thiophene rings is 1. The summed E-state index contributed by atoms with van der Waals surface area (Å²) in [7, 11) is 3.39. The number of ether oxygens (including phenoxy) is 1. The van der Waals surface area contributed by atoms with Crippen molar-refractivity contribution in [2.45, 2.75) is 44.3 Å². The van der Waals surface area contributed by atoms with E-state index in [1.54, 1.807) is 28.6 Å². The Morgan fingerprint density at radius 1 is 1.05 bits per heavy atom. The van der Waals surface area contributed by atoms with Gasteiger partial charge in [0.1, 0.15) is 22.3 Å². The van der Waals surface area contributed by atoms with Crippen LogP contribution in [0.3, 0.4) is 0 Å². The molecule has 4 aromatic rings. The van der Waals surface area contributed by atoms with Crippen LogP contribution in [0.2, 0.25) is 5.02 Å². The minimum absolute atomic E-state index is 0.0164. The third-order valence-electron chi connectivity index (χ3n) is 7.69. The first kappa shape index (κ1) is 29.3. The second-order valence-corrected chi connectivity index (χ2v) is 12.0. The van der Waals surface area contributed by atoms with E-state index >= 15 is 0 Å². The number of benzene rings is 3. The molecular weight excluding hydrogens is 587 g/mol. The number of hydrogen-bond acceptors (Lipinski definition) is 5. The summed E-state index contributed by atoms with van der Waals surface area (Å²) < 4.78 is 36.6. The lowest BCUT2D eigenvalue weighted by Crippen LogP contribution is -2.44. The van der Waals surface area contributed by atoms with E-state index in [2.05, 4.69) is 6.07 Å². The average Bonchev–Trinajstić information content (AvgIpc) is 3.35. The molecule has 1 aromatic heterocycles. The summed E-state index contributed by atoms with van der Waals surface area (Å²) in [5.74, 6) is -1.10. The van der Waals surface area contributed by atoms with Crippen molar-refractivity contribution in [2.75, 3.05) is 14.2 Å². The highest BCUT2D eigenvalue weighted by Gasteiger charge is 2.34. The summed E-state index contributed by atoms with van der Waals surface area (Å²) in [6, 6.07) is 17.2. The summed E-state index contributed by atoms with van der Waals surface area (Å²) in [6.45, 7) is 0.190. The molecule has 0 N–H and O–H groups in total. The molecule has 1 heterocycles. The molecule has 5 nitrogen and oxygen atoms in total. The molecule has 0 radical (unpaired) electrons. The molecule has 0 unspecified atom stereocenters. The fourth-order valence-corrected chi connectivity index (χ4v) is 7.19. The number of halogens is 4. The van der Waals surface area contributed by atoms with Gasteiger partial charge in [-0.1, -0.05) is 29.8 Å². The van der Waals surface area contributed by atoms with Crippen LogP contribution >= 0.6 is 34.7 Å². The Balaban J connectivity index is 1.56. The number of nitriles is 1. The highest BCUT2D eigenvalue weighted by atomic mass is 35.5. The fraction of sp³-hybridized carbons (Fsp3) is 0.290. The Morgan fingerprint density at radius 3 is 2.39 bits per heavy atom. The monoisotopic (exact) mass is 613 g/mol. The van der Waals surface area contributed by atoms with Crippen molar-refractivity contribution in [3.05, 3.63) is 87.3 Å². The van der Waals surface area contributed by atoms with Gasteiger partial charge in [-0.2, -0.15) is 5.26 Å². The zero-order valence-corrected chi connectivity index (χ0v) is 24.8. The SMILES string of the molecule is COc1ccc(-c2cccc(C#N)c2)cc1CN(C(=O)c1sc2c(F)ccc(F)c2c1Cl)[C@H]1CC[C@H](N(C)Cl)CC1. The normalized spacial score (nSPS) is 17.0. The van der Waals surface area contributed by atoms with Gasteiger partial charge in [-0.3, -0.25) is 4.79 Å². The quantitative estimate of drug-likeness (QED) is 0.196. The Labute approximate surface area is 251 Å². The first-order valence-electron chi connectivity index (χ1n) is 13.1. The number of fused-ring (bicyclic) bond motifs is 1. The zero-order chi connectivity index (χ0) is 29.3. The Kier molecular flexibility index (Phi) is 8.81. The van der Waals surface area contributed by atoms with E-state index in [9.17, 15) is 18.8 Å². The molecule has 3 aromatic carbocycles. The lowest BCUT2D eigenvalue weighted by Gasteiger charge is -2.38. The lowest BCUT2D eigenvalue weighted by molar-refractivity contribution is 0.0589. The van der Waals surface area contributed by atoms with E-state index in [0.717, 1.165) is 53.0 Å². The molecule has 1 aliphatic rings. The molecule has 0 saturated heterocycles. The molecule has 41 heavy (non-hydrogen) atoms. The van der Waals surface area contributed by atoms with Gasteiger partial charge in [-0.05, 0) is 85.0 Å². The summed E-state index contributed by atoms with van der Waals surface area (Å²) in [6.07, 6.45) is 2.97. The molecule has 1 fully saturated rings. The van der Waals surface area contributed by atoms with E-state index < -0.39 is 17.5 Å². The van der Waals surface area contributed by atoms with Crippen LogP contribution in [-0.2, 0) is 6.54 Å².